The maximum atomic E-state index is 12.3. The maximum absolute atomic E-state index is 12.3. The Labute approximate surface area is 112 Å². The Bertz CT molecular complexity index is 535. The van der Waals surface area contributed by atoms with Crippen LogP contribution < -0.4 is 0 Å². The molecule has 5 nitrogen and oxygen atoms in total. The van der Waals surface area contributed by atoms with Crippen molar-refractivity contribution in [1.82, 2.24) is 19.7 Å². The van der Waals surface area contributed by atoms with Crippen LogP contribution in [0.15, 0.2) is 36.8 Å². The minimum atomic E-state index is 0.0246. The molecule has 0 unspecified atom stereocenters. The fourth-order valence-corrected chi connectivity index (χ4v) is 1.96. The zero-order valence-electron chi connectivity index (χ0n) is 11.3. The van der Waals surface area contributed by atoms with Crippen LogP contribution in [0.3, 0.4) is 0 Å². The molecule has 19 heavy (non-hydrogen) atoms. The first-order chi connectivity index (χ1) is 9.22. The summed E-state index contributed by atoms with van der Waals surface area (Å²) in [6.07, 6.45) is 6.02. The Balaban J connectivity index is 2.01. The molecule has 0 aliphatic carbocycles. The second kappa shape index (κ2) is 6.13. The zero-order chi connectivity index (χ0) is 13.7. The number of pyridine rings is 1. The van der Waals surface area contributed by atoms with Gasteiger partial charge in [0.05, 0.1) is 0 Å². The van der Waals surface area contributed by atoms with Crippen LogP contribution in [-0.2, 0) is 13.5 Å². The van der Waals surface area contributed by atoms with Crippen molar-refractivity contribution >= 4 is 5.91 Å². The van der Waals surface area contributed by atoms with Gasteiger partial charge >= 0.3 is 0 Å². The standard InChI is InChI=1S/C14H18N4O/c1-3-18(11-7-12-4-8-15-9-5-12)14(19)13-6-10-16-17(13)2/h4-6,8-10H,3,7,11H2,1-2H3. The van der Waals surface area contributed by atoms with E-state index in [2.05, 4.69) is 10.1 Å². The van der Waals surface area contributed by atoms with E-state index >= 15 is 0 Å². The Hall–Kier alpha value is -2.17. The van der Waals surface area contributed by atoms with E-state index in [9.17, 15) is 4.79 Å². The van der Waals surface area contributed by atoms with Gasteiger partial charge in [-0.05, 0) is 37.1 Å². The minimum absolute atomic E-state index is 0.0246. The number of aromatic nitrogens is 3. The smallest absolute Gasteiger partial charge is 0.272 e. The van der Waals surface area contributed by atoms with E-state index in [-0.39, 0.29) is 5.91 Å². The third kappa shape index (κ3) is 3.19. The summed E-state index contributed by atoms with van der Waals surface area (Å²) in [6.45, 7) is 3.38. The lowest BCUT2D eigenvalue weighted by molar-refractivity contribution is 0.0755. The van der Waals surface area contributed by atoms with Crippen molar-refractivity contribution in [3.63, 3.8) is 0 Å². The van der Waals surface area contributed by atoms with Crippen LogP contribution in [-0.4, -0.2) is 38.7 Å². The first-order valence-corrected chi connectivity index (χ1v) is 6.38. The molecule has 100 valence electrons. The number of aryl methyl sites for hydroxylation is 1. The Morgan fingerprint density at radius 1 is 1.26 bits per heavy atom. The van der Waals surface area contributed by atoms with E-state index in [1.54, 1.807) is 36.4 Å². The molecule has 0 aliphatic heterocycles. The highest BCUT2D eigenvalue weighted by atomic mass is 16.2. The molecular weight excluding hydrogens is 240 g/mol. The first-order valence-electron chi connectivity index (χ1n) is 6.38. The third-order valence-electron chi connectivity index (χ3n) is 3.13. The summed E-state index contributed by atoms with van der Waals surface area (Å²) in [5, 5.41) is 4.03. The van der Waals surface area contributed by atoms with Crippen molar-refractivity contribution in [3.8, 4) is 0 Å². The molecule has 0 fully saturated rings. The van der Waals surface area contributed by atoms with Crippen LogP contribution in [0.2, 0.25) is 0 Å². The average molecular weight is 258 g/mol. The molecule has 2 aromatic rings. The molecule has 1 amide bonds. The molecule has 0 saturated carbocycles. The summed E-state index contributed by atoms with van der Waals surface area (Å²) in [5.74, 6) is 0.0246. The molecule has 0 aromatic carbocycles. The van der Waals surface area contributed by atoms with Gasteiger partial charge in [0.25, 0.3) is 5.91 Å². The summed E-state index contributed by atoms with van der Waals surface area (Å²) in [4.78, 5) is 18.2. The lowest BCUT2D eigenvalue weighted by Gasteiger charge is -2.20. The number of carbonyl (C=O) groups excluding carboxylic acids is 1. The van der Waals surface area contributed by atoms with Crippen LogP contribution in [0.5, 0.6) is 0 Å². The molecule has 0 spiro atoms. The van der Waals surface area contributed by atoms with Crippen molar-refractivity contribution in [2.45, 2.75) is 13.3 Å². The Morgan fingerprint density at radius 2 is 2.00 bits per heavy atom. The summed E-state index contributed by atoms with van der Waals surface area (Å²) in [5.41, 5.74) is 1.81. The minimum Gasteiger partial charge on any atom is -0.337 e. The highest BCUT2D eigenvalue weighted by molar-refractivity contribution is 5.92. The van der Waals surface area contributed by atoms with Gasteiger partial charge in [-0.3, -0.25) is 14.5 Å². The van der Waals surface area contributed by atoms with Gasteiger partial charge < -0.3 is 4.90 Å². The lowest BCUT2D eigenvalue weighted by atomic mass is 10.2. The van der Waals surface area contributed by atoms with Crippen molar-refractivity contribution in [1.29, 1.82) is 0 Å². The van der Waals surface area contributed by atoms with E-state index in [1.165, 1.54) is 5.56 Å². The maximum Gasteiger partial charge on any atom is 0.272 e. The second-order valence-electron chi connectivity index (χ2n) is 4.33. The number of likely N-dealkylation sites (N-methyl/N-ethyl adjacent to an activating group) is 1. The van der Waals surface area contributed by atoms with Crippen molar-refractivity contribution < 1.29 is 4.79 Å². The number of rotatable bonds is 5. The monoisotopic (exact) mass is 258 g/mol. The van der Waals surface area contributed by atoms with Gasteiger partial charge in [0.15, 0.2) is 0 Å². The Morgan fingerprint density at radius 3 is 2.58 bits per heavy atom. The fourth-order valence-electron chi connectivity index (χ4n) is 1.96. The summed E-state index contributed by atoms with van der Waals surface area (Å²) in [7, 11) is 1.78. The lowest BCUT2D eigenvalue weighted by Crippen LogP contribution is -2.34. The third-order valence-corrected chi connectivity index (χ3v) is 3.13. The van der Waals surface area contributed by atoms with Gasteiger partial charge in [0.1, 0.15) is 5.69 Å². The highest BCUT2D eigenvalue weighted by Gasteiger charge is 2.16. The molecule has 2 heterocycles. The van der Waals surface area contributed by atoms with Gasteiger partial charge in [-0.1, -0.05) is 0 Å². The molecule has 0 saturated heterocycles. The molecule has 0 N–H and O–H groups in total. The summed E-state index contributed by atoms with van der Waals surface area (Å²) >= 11 is 0. The molecule has 5 heteroatoms. The molecule has 0 atom stereocenters. The van der Waals surface area contributed by atoms with E-state index in [0.717, 1.165) is 6.42 Å². The number of amides is 1. The molecular formula is C14H18N4O. The SMILES string of the molecule is CCN(CCc1ccncc1)C(=O)c1ccnn1C. The normalized spacial score (nSPS) is 10.4. The van der Waals surface area contributed by atoms with E-state index in [4.69, 9.17) is 0 Å². The van der Waals surface area contributed by atoms with Crippen molar-refractivity contribution in [2.75, 3.05) is 13.1 Å². The van der Waals surface area contributed by atoms with Crippen LogP contribution in [0.25, 0.3) is 0 Å². The predicted octanol–water partition coefficient (Wildman–Crippen LogP) is 1.52. The van der Waals surface area contributed by atoms with E-state index < -0.39 is 0 Å². The molecule has 0 aliphatic rings. The zero-order valence-corrected chi connectivity index (χ0v) is 11.3. The number of hydrogen-bond donors (Lipinski definition) is 0. The Kier molecular flexibility index (Phi) is 4.28. The molecule has 2 rings (SSSR count). The summed E-state index contributed by atoms with van der Waals surface area (Å²) < 4.78 is 1.61. The second-order valence-corrected chi connectivity index (χ2v) is 4.33. The number of hydrogen-bond acceptors (Lipinski definition) is 3. The largest absolute Gasteiger partial charge is 0.337 e. The molecule has 0 bridgehead atoms. The van der Waals surface area contributed by atoms with Gasteiger partial charge in [-0.15, -0.1) is 0 Å². The fraction of sp³-hybridized carbons (Fsp3) is 0.357. The van der Waals surface area contributed by atoms with E-state index in [1.807, 2.05) is 24.0 Å². The van der Waals surface area contributed by atoms with Crippen LogP contribution >= 0.6 is 0 Å². The van der Waals surface area contributed by atoms with Crippen LogP contribution in [0, 0.1) is 0 Å². The van der Waals surface area contributed by atoms with Crippen molar-refractivity contribution in [3.05, 3.63) is 48.0 Å². The van der Waals surface area contributed by atoms with Gasteiger partial charge in [0, 0.05) is 38.7 Å². The average Bonchev–Trinajstić information content (AvgIpc) is 2.86. The topological polar surface area (TPSA) is 51.0 Å². The van der Waals surface area contributed by atoms with Gasteiger partial charge in [-0.2, -0.15) is 5.10 Å². The first kappa shape index (κ1) is 13.3. The molecule has 0 radical (unpaired) electrons. The predicted molar refractivity (Wildman–Crippen MR) is 72.7 cm³/mol. The van der Waals surface area contributed by atoms with Crippen molar-refractivity contribution in [2.24, 2.45) is 7.05 Å². The number of carbonyl (C=O) groups is 1. The molecule has 2 aromatic heterocycles. The van der Waals surface area contributed by atoms with Crippen LogP contribution in [0.4, 0.5) is 0 Å². The van der Waals surface area contributed by atoms with E-state index in [0.29, 0.717) is 18.8 Å². The quantitative estimate of drug-likeness (QED) is 0.817. The van der Waals surface area contributed by atoms with Gasteiger partial charge in [0.2, 0.25) is 0 Å². The summed E-state index contributed by atoms with van der Waals surface area (Å²) in [6, 6.07) is 5.70. The van der Waals surface area contributed by atoms with Crippen LogP contribution in [0.1, 0.15) is 23.0 Å². The highest BCUT2D eigenvalue weighted by Crippen LogP contribution is 2.06. The van der Waals surface area contributed by atoms with Gasteiger partial charge in [-0.25, -0.2) is 0 Å². The number of nitrogens with zero attached hydrogens (tertiary/aromatic N) is 4.